The molecule has 0 aliphatic heterocycles. The topological polar surface area (TPSA) is 52.4 Å². The van der Waals surface area contributed by atoms with Crippen molar-refractivity contribution in [2.75, 3.05) is 11.9 Å². The highest BCUT2D eigenvalue weighted by Crippen LogP contribution is 2.35. The van der Waals surface area contributed by atoms with E-state index in [1.54, 1.807) is 0 Å². The van der Waals surface area contributed by atoms with Gasteiger partial charge in [-0.1, -0.05) is 39.1 Å². The summed E-state index contributed by atoms with van der Waals surface area (Å²) in [4.78, 5) is 10.1. The number of rotatable bonds is 4. The van der Waals surface area contributed by atoms with E-state index in [2.05, 4.69) is 15.9 Å². The van der Waals surface area contributed by atoms with Gasteiger partial charge in [0.1, 0.15) is 0 Å². The minimum absolute atomic E-state index is 0.119. The van der Waals surface area contributed by atoms with Crippen LogP contribution in [0.25, 0.3) is 0 Å². The molecule has 0 aliphatic carbocycles. The third-order valence-corrected chi connectivity index (χ3v) is 2.58. The number of nitrogens with zero attached hydrogens (tertiary/aromatic N) is 1. The Balaban J connectivity index is 3.10. The summed E-state index contributed by atoms with van der Waals surface area (Å²) in [6.07, 6.45) is 0. The van der Waals surface area contributed by atoms with E-state index in [9.17, 15) is 10.1 Å². The van der Waals surface area contributed by atoms with Crippen LogP contribution in [-0.4, -0.2) is 16.9 Å². The predicted molar refractivity (Wildman–Crippen MR) is 62.4 cm³/mol. The Hall–Kier alpha value is -0.520. The van der Waals surface area contributed by atoms with E-state index in [4.69, 9.17) is 27.9 Å². The second-order valence-corrected chi connectivity index (χ2v) is 4.14. The zero-order chi connectivity index (χ0) is 11.4. The first-order chi connectivity index (χ1) is 7.06. The zero-order valence-corrected chi connectivity index (χ0v) is 10.5. The molecule has 0 radical (unpaired) electrons. The molecule has 7 heteroatoms. The van der Waals surface area contributed by atoms with Gasteiger partial charge in [0.25, 0.3) is 0 Å². The quantitative estimate of drug-likeness (QED) is 0.484. The van der Waals surface area contributed by atoms with Crippen molar-refractivity contribution in [3.8, 4) is 5.75 Å². The number of halogens is 3. The van der Waals surface area contributed by atoms with E-state index in [-0.39, 0.29) is 21.5 Å². The minimum atomic E-state index is -0.564. The van der Waals surface area contributed by atoms with Gasteiger partial charge in [0.15, 0.2) is 5.75 Å². The van der Waals surface area contributed by atoms with Gasteiger partial charge in [-0.2, -0.15) is 0 Å². The molecule has 0 aliphatic rings. The van der Waals surface area contributed by atoms with Gasteiger partial charge in [0, 0.05) is 17.5 Å². The molecule has 0 spiro atoms. The molecule has 0 fully saturated rings. The standard InChI is InChI=1S/C8H6BrCl2NO3/c9-1-2-15-8-4-6(11)5(10)3-7(8)12(13)14/h3-4H,1-2H2. The Morgan fingerprint density at radius 2 is 2.00 bits per heavy atom. The van der Waals surface area contributed by atoms with Crippen LogP contribution in [0.3, 0.4) is 0 Å². The highest BCUT2D eigenvalue weighted by molar-refractivity contribution is 9.09. The lowest BCUT2D eigenvalue weighted by Crippen LogP contribution is -2.01. The SMILES string of the molecule is O=[N+]([O-])c1cc(Cl)c(Cl)cc1OCCBr. The molecule has 0 atom stereocenters. The van der Waals surface area contributed by atoms with Crippen LogP contribution in [0.2, 0.25) is 10.0 Å². The van der Waals surface area contributed by atoms with Crippen molar-refractivity contribution in [3.63, 3.8) is 0 Å². The smallest absolute Gasteiger partial charge is 0.312 e. The summed E-state index contributed by atoms with van der Waals surface area (Å²) in [5, 5.41) is 11.6. The van der Waals surface area contributed by atoms with Crippen molar-refractivity contribution >= 4 is 44.8 Å². The van der Waals surface area contributed by atoms with Gasteiger partial charge in [-0.25, -0.2) is 0 Å². The van der Waals surface area contributed by atoms with Gasteiger partial charge in [-0.3, -0.25) is 10.1 Å². The van der Waals surface area contributed by atoms with Gasteiger partial charge in [0.2, 0.25) is 0 Å². The molecule has 15 heavy (non-hydrogen) atoms. The van der Waals surface area contributed by atoms with Crippen LogP contribution in [0, 0.1) is 10.1 Å². The summed E-state index contributed by atoms with van der Waals surface area (Å²) in [6, 6.07) is 2.51. The van der Waals surface area contributed by atoms with Crippen LogP contribution in [0.1, 0.15) is 0 Å². The molecule has 0 amide bonds. The van der Waals surface area contributed by atoms with E-state index in [0.717, 1.165) is 0 Å². The molecule has 0 unspecified atom stereocenters. The number of nitro benzene ring substituents is 1. The molecule has 0 saturated carbocycles. The second-order valence-electron chi connectivity index (χ2n) is 2.53. The summed E-state index contributed by atoms with van der Waals surface area (Å²) >= 11 is 14.5. The fourth-order valence-electron chi connectivity index (χ4n) is 0.925. The summed E-state index contributed by atoms with van der Waals surface area (Å²) in [5.74, 6) is 0.119. The lowest BCUT2D eigenvalue weighted by molar-refractivity contribution is -0.385. The third kappa shape index (κ3) is 3.22. The Labute approximate surface area is 104 Å². The monoisotopic (exact) mass is 313 g/mol. The first-order valence-electron chi connectivity index (χ1n) is 3.88. The van der Waals surface area contributed by atoms with Crippen LogP contribution in [0.5, 0.6) is 5.75 Å². The van der Waals surface area contributed by atoms with E-state index in [1.165, 1.54) is 12.1 Å². The minimum Gasteiger partial charge on any atom is -0.486 e. The number of hydrogen-bond acceptors (Lipinski definition) is 3. The molecule has 0 bridgehead atoms. The Morgan fingerprint density at radius 1 is 1.40 bits per heavy atom. The van der Waals surface area contributed by atoms with Gasteiger partial charge in [-0.15, -0.1) is 0 Å². The van der Waals surface area contributed by atoms with E-state index in [0.29, 0.717) is 11.9 Å². The summed E-state index contributed by atoms with van der Waals surface area (Å²) in [7, 11) is 0. The molecule has 82 valence electrons. The van der Waals surface area contributed by atoms with E-state index < -0.39 is 4.92 Å². The third-order valence-electron chi connectivity index (χ3n) is 1.53. The van der Waals surface area contributed by atoms with Crippen molar-refractivity contribution in [2.45, 2.75) is 0 Å². The molecule has 4 nitrogen and oxygen atoms in total. The average Bonchev–Trinajstić information content (AvgIpc) is 2.19. The van der Waals surface area contributed by atoms with Gasteiger partial charge >= 0.3 is 5.69 Å². The Kier molecular flexibility index (Phi) is 4.63. The molecule has 0 N–H and O–H groups in total. The molecular formula is C8H6BrCl2NO3. The molecule has 1 aromatic rings. The second kappa shape index (κ2) is 5.53. The number of hydrogen-bond donors (Lipinski definition) is 0. The molecule has 0 saturated heterocycles. The highest BCUT2D eigenvalue weighted by atomic mass is 79.9. The summed E-state index contributed by atoms with van der Waals surface area (Å²) in [5.41, 5.74) is -0.189. The number of benzene rings is 1. The fraction of sp³-hybridized carbons (Fsp3) is 0.250. The number of ether oxygens (including phenoxy) is 1. The van der Waals surface area contributed by atoms with Crippen LogP contribution in [0.4, 0.5) is 5.69 Å². The number of alkyl halides is 1. The molecule has 1 aromatic carbocycles. The van der Waals surface area contributed by atoms with Crippen LogP contribution in [0.15, 0.2) is 12.1 Å². The van der Waals surface area contributed by atoms with Crippen LogP contribution < -0.4 is 4.74 Å². The maximum Gasteiger partial charge on any atom is 0.312 e. The van der Waals surface area contributed by atoms with Crippen LogP contribution >= 0.6 is 39.1 Å². The Morgan fingerprint density at radius 3 is 2.53 bits per heavy atom. The molecular weight excluding hydrogens is 309 g/mol. The average molecular weight is 315 g/mol. The lowest BCUT2D eigenvalue weighted by atomic mass is 10.3. The predicted octanol–water partition coefficient (Wildman–Crippen LogP) is 3.68. The maximum atomic E-state index is 10.7. The van der Waals surface area contributed by atoms with Crippen molar-refractivity contribution < 1.29 is 9.66 Å². The summed E-state index contributed by atoms with van der Waals surface area (Å²) in [6.45, 7) is 0.318. The van der Waals surface area contributed by atoms with Crippen molar-refractivity contribution in [3.05, 3.63) is 32.3 Å². The van der Waals surface area contributed by atoms with Gasteiger partial charge in [-0.05, 0) is 0 Å². The maximum absolute atomic E-state index is 10.7. The van der Waals surface area contributed by atoms with Crippen LogP contribution in [-0.2, 0) is 0 Å². The largest absolute Gasteiger partial charge is 0.486 e. The molecule has 1 rings (SSSR count). The van der Waals surface area contributed by atoms with Gasteiger partial charge < -0.3 is 4.74 Å². The fourth-order valence-corrected chi connectivity index (χ4v) is 1.40. The van der Waals surface area contributed by atoms with Crippen molar-refractivity contribution in [1.29, 1.82) is 0 Å². The number of nitro groups is 1. The molecule has 0 heterocycles. The lowest BCUT2D eigenvalue weighted by Gasteiger charge is -2.06. The van der Waals surface area contributed by atoms with Crippen molar-refractivity contribution in [2.24, 2.45) is 0 Å². The molecule has 0 aromatic heterocycles. The zero-order valence-electron chi connectivity index (χ0n) is 7.37. The highest BCUT2D eigenvalue weighted by Gasteiger charge is 2.18. The first-order valence-corrected chi connectivity index (χ1v) is 5.76. The van der Waals surface area contributed by atoms with Gasteiger partial charge in [0.05, 0.1) is 21.6 Å². The van der Waals surface area contributed by atoms with Crippen molar-refractivity contribution in [1.82, 2.24) is 0 Å². The first kappa shape index (κ1) is 12.5. The van der Waals surface area contributed by atoms with E-state index >= 15 is 0 Å². The van der Waals surface area contributed by atoms with E-state index in [1.807, 2.05) is 0 Å². The normalized spacial score (nSPS) is 10.1. The summed E-state index contributed by atoms with van der Waals surface area (Å²) < 4.78 is 5.15. The Bertz CT molecular complexity index is 386.